The number of anilines is 1. The maximum atomic E-state index is 15.4. The molecule has 1 amide bonds. The Kier molecular flexibility index (Phi) is 8.52. The quantitative estimate of drug-likeness (QED) is 0.199. The number of carbonyl (C=O) groups is 1. The lowest BCUT2D eigenvalue weighted by atomic mass is 9.89. The third kappa shape index (κ3) is 6.25. The average Bonchev–Trinajstić information content (AvgIpc) is 3.98. The van der Waals surface area contributed by atoms with Gasteiger partial charge < -0.3 is 9.64 Å². The molecule has 4 atom stereocenters. The van der Waals surface area contributed by atoms with Crippen LogP contribution in [0.2, 0.25) is 10.0 Å². The largest absolute Gasteiger partial charge is 0.357 e. The number of rotatable bonds is 11. The molecule has 1 aromatic heterocycles. The van der Waals surface area contributed by atoms with E-state index >= 15 is 4.39 Å². The van der Waals surface area contributed by atoms with Crippen LogP contribution in [0.5, 0.6) is 0 Å². The molecule has 1 aliphatic heterocycles. The maximum Gasteiger partial charge on any atom is 0.253 e. The van der Waals surface area contributed by atoms with Crippen molar-refractivity contribution in [3.05, 3.63) is 112 Å². The van der Waals surface area contributed by atoms with Gasteiger partial charge in [-0.25, -0.2) is 17.8 Å². The zero-order chi connectivity index (χ0) is 32.0. The summed E-state index contributed by atoms with van der Waals surface area (Å²) in [4.78, 5) is 20.8. The lowest BCUT2D eigenvalue weighted by Gasteiger charge is -2.49. The monoisotopic (exact) mass is 683 g/mol. The molecule has 4 aromatic rings. The number of hydrogen-bond acceptors (Lipinski definition) is 6. The molecular weight excluding hydrogens is 652 g/mol. The van der Waals surface area contributed by atoms with Gasteiger partial charge in [0.15, 0.2) is 0 Å². The number of carbonyl (C=O) groups excluding carboxylic acids is 1. The summed E-state index contributed by atoms with van der Waals surface area (Å²) in [6.45, 7) is -0.0996. The predicted molar refractivity (Wildman–Crippen MR) is 172 cm³/mol. The first-order chi connectivity index (χ1) is 22.2. The molecule has 46 heavy (non-hydrogen) atoms. The van der Waals surface area contributed by atoms with Crippen molar-refractivity contribution in [3.8, 4) is 0 Å². The first kappa shape index (κ1) is 31.1. The summed E-state index contributed by atoms with van der Waals surface area (Å²) in [5, 5.41) is 7.21. The van der Waals surface area contributed by atoms with Crippen molar-refractivity contribution in [2.24, 2.45) is 5.92 Å². The SMILES string of the molecule is O=C1[C@@H](Cc2ncn[nH]2)O[C@H](c2cccc(Cl)c2)[C@@H](c2ccc(Cl)cc2)N1C(CN(c1ccccc1F)S(=O)(=O)C1CC1)C1CC1. The van der Waals surface area contributed by atoms with Crippen molar-refractivity contribution in [1.82, 2.24) is 20.1 Å². The number of benzene rings is 3. The average molecular weight is 685 g/mol. The molecule has 2 heterocycles. The molecule has 240 valence electrons. The molecule has 13 heteroatoms. The van der Waals surface area contributed by atoms with Gasteiger partial charge in [0.25, 0.3) is 5.91 Å². The minimum Gasteiger partial charge on any atom is -0.357 e. The van der Waals surface area contributed by atoms with Crippen LogP contribution in [-0.4, -0.2) is 58.3 Å². The molecule has 3 aliphatic rings. The fourth-order valence-corrected chi connectivity index (χ4v) is 8.56. The van der Waals surface area contributed by atoms with Crippen LogP contribution >= 0.6 is 23.2 Å². The number of aromatic nitrogens is 3. The van der Waals surface area contributed by atoms with Crippen LogP contribution < -0.4 is 4.31 Å². The van der Waals surface area contributed by atoms with E-state index in [-0.39, 0.29) is 30.5 Å². The van der Waals surface area contributed by atoms with Gasteiger partial charge in [-0.15, -0.1) is 0 Å². The van der Waals surface area contributed by atoms with Crippen LogP contribution in [0, 0.1) is 11.7 Å². The predicted octanol–water partition coefficient (Wildman–Crippen LogP) is 6.28. The second-order valence-corrected chi connectivity index (χ2v) is 15.1. The Bertz CT molecular complexity index is 1820. The highest BCUT2D eigenvalue weighted by molar-refractivity contribution is 7.93. The van der Waals surface area contributed by atoms with Crippen LogP contribution in [-0.2, 0) is 26.0 Å². The molecular formula is C33H32Cl2FN5O4S. The molecule has 3 aromatic carbocycles. The number of ether oxygens (including phenoxy) is 1. The summed E-state index contributed by atoms with van der Waals surface area (Å²) < 4.78 is 51.1. The van der Waals surface area contributed by atoms with E-state index < -0.39 is 45.4 Å². The summed E-state index contributed by atoms with van der Waals surface area (Å²) in [5.41, 5.74) is 1.49. The Morgan fingerprint density at radius 1 is 0.978 bits per heavy atom. The molecule has 1 N–H and O–H groups in total. The Hall–Kier alpha value is -3.51. The minimum absolute atomic E-state index is 0.00790. The number of para-hydroxylation sites is 1. The molecule has 2 aliphatic carbocycles. The molecule has 3 fully saturated rings. The normalized spacial score (nSPS) is 22.5. The van der Waals surface area contributed by atoms with Crippen molar-refractivity contribution < 1.29 is 22.3 Å². The Morgan fingerprint density at radius 3 is 2.39 bits per heavy atom. The molecule has 1 unspecified atom stereocenters. The number of halogens is 3. The number of sulfonamides is 1. The molecule has 0 bridgehead atoms. The summed E-state index contributed by atoms with van der Waals surface area (Å²) >= 11 is 12.8. The van der Waals surface area contributed by atoms with Gasteiger partial charge in [0.1, 0.15) is 30.2 Å². The van der Waals surface area contributed by atoms with E-state index in [0.717, 1.165) is 24.0 Å². The van der Waals surface area contributed by atoms with Crippen molar-refractivity contribution in [1.29, 1.82) is 0 Å². The van der Waals surface area contributed by atoms with Gasteiger partial charge >= 0.3 is 0 Å². The lowest BCUT2D eigenvalue weighted by Crippen LogP contribution is -2.59. The van der Waals surface area contributed by atoms with Crippen LogP contribution in [0.3, 0.4) is 0 Å². The number of H-pyrrole nitrogens is 1. The van der Waals surface area contributed by atoms with E-state index in [1.54, 1.807) is 29.2 Å². The highest BCUT2D eigenvalue weighted by Gasteiger charge is 2.52. The smallest absolute Gasteiger partial charge is 0.253 e. The second kappa shape index (κ2) is 12.6. The summed E-state index contributed by atoms with van der Waals surface area (Å²) in [6.07, 6.45) is 2.46. The van der Waals surface area contributed by atoms with E-state index in [1.807, 2.05) is 30.3 Å². The maximum absolute atomic E-state index is 15.4. The van der Waals surface area contributed by atoms with Crippen molar-refractivity contribution in [2.75, 3.05) is 10.8 Å². The molecule has 0 radical (unpaired) electrons. The number of nitrogens with zero attached hydrogens (tertiary/aromatic N) is 4. The molecule has 1 saturated heterocycles. The fraction of sp³-hybridized carbons (Fsp3) is 0.364. The van der Waals surface area contributed by atoms with Gasteiger partial charge in [-0.05, 0) is 79.1 Å². The summed E-state index contributed by atoms with van der Waals surface area (Å²) in [6, 6.07) is 19.1. The number of amides is 1. The van der Waals surface area contributed by atoms with E-state index in [4.69, 9.17) is 27.9 Å². The minimum atomic E-state index is -3.91. The molecule has 9 nitrogen and oxygen atoms in total. The number of hydrogen-bond donors (Lipinski definition) is 1. The van der Waals surface area contributed by atoms with E-state index in [2.05, 4.69) is 15.2 Å². The van der Waals surface area contributed by atoms with Gasteiger partial charge in [-0.1, -0.05) is 59.6 Å². The third-order valence-corrected chi connectivity index (χ3v) is 11.7. The molecule has 0 spiro atoms. The van der Waals surface area contributed by atoms with Crippen LogP contribution in [0.4, 0.5) is 10.1 Å². The van der Waals surface area contributed by atoms with Crippen molar-refractivity contribution >= 4 is 44.8 Å². The number of morpholine rings is 1. The lowest BCUT2D eigenvalue weighted by molar-refractivity contribution is -0.179. The van der Waals surface area contributed by atoms with Crippen LogP contribution in [0.1, 0.15) is 54.8 Å². The number of aromatic amines is 1. The molecule has 2 saturated carbocycles. The Balaban J connectivity index is 1.37. The van der Waals surface area contributed by atoms with Gasteiger partial charge in [-0.3, -0.25) is 14.2 Å². The first-order valence-electron chi connectivity index (χ1n) is 15.3. The van der Waals surface area contributed by atoms with E-state index in [9.17, 15) is 13.2 Å². The zero-order valence-corrected chi connectivity index (χ0v) is 27.0. The van der Waals surface area contributed by atoms with Crippen LogP contribution in [0.25, 0.3) is 0 Å². The second-order valence-electron chi connectivity index (χ2n) is 12.1. The Labute approximate surface area is 276 Å². The van der Waals surface area contributed by atoms with Crippen molar-refractivity contribution in [3.63, 3.8) is 0 Å². The highest BCUT2D eigenvalue weighted by Crippen LogP contribution is 2.49. The van der Waals surface area contributed by atoms with Crippen molar-refractivity contribution in [2.45, 2.75) is 61.6 Å². The third-order valence-electron chi connectivity index (χ3n) is 8.91. The topological polar surface area (TPSA) is 108 Å². The number of nitrogens with one attached hydrogen (secondary N) is 1. The van der Waals surface area contributed by atoms with Gasteiger partial charge in [-0.2, -0.15) is 5.10 Å². The van der Waals surface area contributed by atoms with Gasteiger partial charge in [0.05, 0.1) is 29.6 Å². The van der Waals surface area contributed by atoms with E-state index in [1.165, 1.54) is 28.8 Å². The fourth-order valence-electron chi connectivity index (χ4n) is 6.36. The summed E-state index contributed by atoms with van der Waals surface area (Å²) in [7, 11) is -3.91. The van der Waals surface area contributed by atoms with Crippen LogP contribution in [0.15, 0.2) is 79.1 Å². The molecule has 7 rings (SSSR count). The highest BCUT2D eigenvalue weighted by atomic mass is 35.5. The van der Waals surface area contributed by atoms with Gasteiger partial charge in [0, 0.05) is 16.5 Å². The summed E-state index contributed by atoms with van der Waals surface area (Å²) in [5.74, 6) is -0.487. The zero-order valence-electron chi connectivity index (χ0n) is 24.7. The van der Waals surface area contributed by atoms with E-state index in [0.29, 0.717) is 28.7 Å². The standard InChI is InChI=1S/C33H32Cl2FN5O4S/c34-23-12-10-21(11-13-23)31-32(22-4-3-5-24(35)16-22)45-29(17-30-37-19-38-39-30)33(42)41(31)28(20-8-9-20)18-40(46(43,44)25-14-15-25)27-7-2-1-6-26(27)36/h1-7,10-13,16,19-20,25,28-29,31-32H,8-9,14-15,17-18H2,(H,37,38,39)/t28?,29-,31-,32-/m1/s1. The Morgan fingerprint density at radius 2 is 1.74 bits per heavy atom. The first-order valence-corrected chi connectivity index (χ1v) is 17.6. The van der Waals surface area contributed by atoms with Gasteiger partial charge in [0.2, 0.25) is 10.0 Å².